The Labute approximate surface area is 209 Å². The second kappa shape index (κ2) is 10.7. The number of hydrogen-bond donors (Lipinski definition) is 1. The van der Waals surface area contributed by atoms with Crippen molar-refractivity contribution in [3.05, 3.63) is 83.7 Å². The van der Waals surface area contributed by atoms with Crippen LogP contribution in [0.25, 0.3) is 22.2 Å². The molecule has 0 saturated carbocycles. The lowest BCUT2D eigenvalue weighted by Gasteiger charge is -2.34. The van der Waals surface area contributed by atoms with E-state index in [-0.39, 0.29) is 18.2 Å². The molecule has 8 heteroatoms. The molecule has 2 heterocycles. The number of hydrogen-bond acceptors (Lipinski definition) is 6. The van der Waals surface area contributed by atoms with Crippen molar-refractivity contribution in [2.75, 3.05) is 32.7 Å². The number of amides is 2. The maximum absolute atomic E-state index is 12.7. The number of carbonyl (C=O) groups excluding carboxylic acids is 2. The van der Waals surface area contributed by atoms with Crippen LogP contribution in [0.2, 0.25) is 0 Å². The number of rotatable bonds is 7. The number of benzene rings is 3. The number of nitrogens with one attached hydrogen (secondary N) is 1. The molecule has 4 aromatic rings. The van der Waals surface area contributed by atoms with Gasteiger partial charge in [-0.1, -0.05) is 65.3 Å². The summed E-state index contributed by atoms with van der Waals surface area (Å²) in [6, 6.07) is 21.6. The van der Waals surface area contributed by atoms with Crippen LogP contribution in [0.1, 0.15) is 28.2 Å². The molecule has 1 saturated heterocycles. The third kappa shape index (κ3) is 5.60. The zero-order valence-corrected chi connectivity index (χ0v) is 20.3. The van der Waals surface area contributed by atoms with E-state index >= 15 is 0 Å². The van der Waals surface area contributed by atoms with Crippen molar-refractivity contribution >= 4 is 22.6 Å². The Morgan fingerprint density at radius 3 is 2.47 bits per heavy atom. The predicted molar refractivity (Wildman–Crippen MR) is 137 cm³/mol. The Balaban J connectivity index is 1.05. The Morgan fingerprint density at radius 2 is 1.69 bits per heavy atom. The number of nitrogens with zero attached hydrogens (tertiary/aromatic N) is 4. The third-order valence-corrected chi connectivity index (χ3v) is 6.50. The van der Waals surface area contributed by atoms with Crippen molar-refractivity contribution in [2.45, 2.75) is 19.9 Å². The second-order valence-electron chi connectivity index (χ2n) is 9.10. The largest absolute Gasteiger partial charge is 0.352 e. The quantitative estimate of drug-likeness (QED) is 0.431. The Bertz CT molecular complexity index is 1360. The molecule has 0 bridgehead atoms. The van der Waals surface area contributed by atoms with Gasteiger partial charge in [0.2, 0.25) is 17.6 Å². The van der Waals surface area contributed by atoms with E-state index < -0.39 is 0 Å². The van der Waals surface area contributed by atoms with E-state index in [1.165, 1.54) is 5.56 Å². The molecule has 1 fully saturated rings. The van der Waals surface area contributed by atoms with Crippen molar-refractivity contribution in [3.8, 4) is 11.4 Å². The van der Waals surface area contributed by atoms with Gasteiger partial charge < -0.3 is 14.7 Å². The standard InChI is InChI=1S/C28H29N5O3/c1-20-6-8-22(9-7-20)27-30-25(36-31-27)19-32-14-16-33(17-15-32)26(34)12-13-29-28(35)24-11-10-21-4-2-3-5-23(21)18-24/h2-11,18H,12-17,19H2,1H3,(H,29,35). The maximum Gasteiger partial charge on any atom is 0.251 e. The zero-order valence-electron chi connectivity index (χ0n) is 20.3. The van der Waals surface area contributed by atoms with E-state index in [4.69, 9.17) is 4.52 Å². The van der Waals surface area contributed by atoms with Gasteiger partial charge in [0.1, 0.15) is 0 Å². The van der Waals surface area contributed by atoms with Crippen LogP contribution in [-0.2, 0) is 11.3 Å². The van der Waals surface area contributed by atoms with E-state index in [9.17, 15) is 9.59 Å². The van der Waals surface area contributed by atoms with Gasteiger partial charge in [0.25, 0.3) is 5.91 Å². The van der Waals surface area contributed by atoms with Gasteiger partial charge in [0.05, 0.1) is 6.54 Å². The fourth-order valence-electron chi connectivity index (χ4n) is 4.36. The minimum absolute atomic E-state index is 0.0490. The number of aryl methyl sites for hydroxylation is 1. The number of piperazine rings is 1. The van der Waals surface area contributed by atoms with E-state index in [0.717, 1.165) is 29.4 Å². The second-order valence-corrected chi connectivity index (χ2v) is 9.10. The topological polar surface area (TPSA) is 91.6 Å². The molecule has 3 aromatic carbocycles. The number of fused-ring (bicyclic) bond motifs is 1. The lowest BCUT2D eigenvalue weighted by Crippen LogP contribution is -2.48. The van der Waals surface area contributed by atoms with Crippen molar-refractivity contribution < 1.29 is 14.1 Å². The summed E-state index contributed by atoms with van der Waals surface area (Å²) < 4.78 is 5.44. The molecule has 2 amide bonds. The molecule has 1 aromatic heterocycles. The van der Waals surface area contributed by atoms with Gasteiger partial charge in [0, 0.05) is 50.3 Å². The SMILES string of the molecule is Cc1ccc(-c2noc(CN3CCN(C(=O)CCNC(=O)c4ccc5ccccc5c4)CC3)n2)cc1. The van der Waals surface area contributed by atoms with Gasteiger partial charge in [-0.15, -0.1) is 0 Å². The summed E-state index contributed by atoms with van der Waals surface area (Å²) in [6.07, 6.45) is 0.281. The first kappa shape index (κ1) is 23.7. The summed E-state index contributed by atoms with van der Waals surface area (Å²) >= 11 is 0. The van der Waals surface area contributed by atoms with Gasteiger partial charge in [0.15, 0.2) is 0 Å². The van der Waals surface area contributed by atoms with E-state index in [0.29, 0.717) is 43.5 Å². The van der Waals surface area contributed by atoms with Crippen molar-refractivity contribution in [3.63, 3.8) is 0 Å². The summed E-state index contributed by atoms with van der Waals surface area (Å²) in [7, 11) is 0. The Morgan fingerprint density at radius 1 is 0.944 bits per heavy atom. The molecule has 0 aliphatic carbocycles. The average molecular weight is 484 g/mol. The molecule has 0 unspecified atom stereocenters. The first-order valence-electron chi connectivity index (χ1n) is 12.2. The molecular formula is C28H29N5O3. The van der Waals surface area contributed by atoms with E-state index in [1.807, 2.05) is 78.6 Å². The molecule has 8 nitrogen and oxygen atoms in total. The molecule has 0 atom stereocenters. The first-order chi connectivity index (χ1) is 17.5. The summed E-state index contributed by atoms with van der Waals surface area (Å²) in [5.41, 5.74) is 2.71. The number of carbonyl (C=O) groups is 2. The van der Waals surface area contributed by atoms with Gasteiger partial charge in [-0.05, 0) is 29.8 Å². The third-order valence-electron chi connectivity index (χ3n) is 6.50. The van der Waals surface area contributed by atoms with Crippen LogP contribution in [0.15, 0.2) is 71.3 Å². The molecule has 184 valence electrons. The highest BCUT2D eigenvalue weighted by Crippen LogP contribution is 2.18. The van der Waals surface area contributed by atoms with Gasteiger partial charge in [-0.2, -0.15) is 4.98 Å². The minimum Gasteiger partial charge on any atom is -0.352 e. The zero-order chi connectivity index (χ0) is 24.9. The monoisotopic (exact) mass is 483 g/mol. The fourth-order valence-corrected chi connectivity index (χ4v) is 4.36. The molecular weight excluding hydrogens is 454 g/mol. The lowest BCUT2D eigenvalue weighted by atomic mass is 10.1. The fraction of sp³-hybridized carbons (Fsp3) is 0.286. The minimum atomic E-state index is -0.164. The first-order valence-corrected chi connectivity index (χ1v) is 12.2. The van der Waals surface area contributed by atoms with E-state index in [1.54, 1.807) is 0 Å². The van der Waals surface area contributed by atoms with Gasteiger partial charge in [-0.3, -0.25) is 14.5 Å². The molecule has 1 aliphatic rings. The van der Waals surface area contributed by atoms with Crippen LogP contribution in [0.5, 0.6) is 0 Å². The Kier molecular flexibility index (Phi) is 7.04. The highest BCUT2D eigenvalue weighted by atomic mass is 16.5. The van der Waals surface area contributed by atoms with Crippen LogP contribution >= 0.6 is 0 Å². The van der Waals surface area contributed by atoms with Gasteiger partial charge in [-0.25, -0.2) is 0 Å². The molecule has 0 spiro atoms. The summed E-state index contributed by atoms with van der Waals surface area (Å²) in [4.78, 5) is 33.7. The highest BCUT2D eigenvalue weighted by molar-refractivity contribution is 5.98. The lowest BCUT2D eigenvalue weighted by molar-refractivity contribution is -0.132. The molecule has 5 rings (SSSR count). The van der Waals surface area contributed by atoms with Crippen LogP contribution in [0.4, 0.5) is 0 Å². The summed E-state index contributed by atoms with van der Waals surface area (Å²) in [5.74, 6) is 1.04. The average Bonchev–Trinajstić information content (AvgIpc) is 3.37. The van der Waals surface area contributed by atoms with Crippen LogP contribution in [-0.4, -0.2) is 64.5 Å². The molecule has 36 heavy (non-hydrogen) atoms. The van der Waals surface area contributed by atoms with Crippen molar-refractivity contribution in [2.24, 2.45) is 0 Å². The van der Waals surface area contributed by atoms with E-state index in [2.05, 4.69) is 20.4 Å². The van der Waals surface area contributed by atoms with Gasteiger partial charge >= 0.3 is 0 Å². The summed E-state index contributed by atoms with van der Waals surface area (Å²) in [5, 5.41) is 9.08. The molecule has 1 N–H and O–H groups in total. The van der Waals surface area contributed by atoms with Crippen LogP contribution in [0.3, 0.4) is 0 Å². The maximum atomic E-state index is 12.7. The molecule has 1 aliphatic heterocycles. The van der Waals surface area contributed by atoms with Crippen LogP contribution < -0.4 is 5.32 Å². The van der Waals surface area contributed by atoms with Crippen molar-refractivity contribution in [1.82, 2.24) is 25.3 Å². The number of aromatic nitrogens is 2. The van der Waals surface area contributed by atoms with Crippen molar-refractivity contribution in [1.29, 1.82) is 0 Å². The summed E-state index contributed by atoms with van der Waals surface area (Å²) in [6.45, 7) is 5.65. The predicted octanol–water partition coefficient (Wildman–Crippen LogP) is 3.66. The normalized spacial score (nSPS) is 14.2. The van der Waals surface area contributed by atoms with Crippen LogP contribution in [0, 0.1) is 6.92 Å². The Hall–Kier alpha value is -4.04. The highest BCUT2D eigenvalue weighted by Gasteiger charge is 2.22. The smallest absolute Gasteiger partial charge is 0.251 e. The molecule has 0 radical (unpaired) electrons.